The SMILES string of the molecule is CC1Cc2ccc(-n3nc(C(F)(F)F)cc3-c3ccccn3)cc2C1. The number of benzene rings is 1. The molecule has 1 aromatic carbocycles. The third-order valence-electron chi connectivity index (χ3n) is 4.50. The molecule has 0 saturated carbocycles. The summed E-state index contributed by atoms with van der Waals surface area (Å²) in [6.45, 7) is 2.18. The van der Waals surface area contributed by atoms with E-state index < -0.39 is 11.9 Å². The van der Waals surface area contributed by atoms with Crippen LogP contribution in [0.2, 0.25) is 0 Å². The van der Waals surface area contributed by atoms with Crippen molar-refractivity contribution in [1.82, 2.24) is 14.8 Å². The summed E-state index contributed by atoms with van der Waals surface area (Å²) in [6, 6.07) is 12.0. The Morgan fingerprint density at radius 1 is 1.04 bits per heavy atom. The van der Waals surface area contributed by atoms with E-state index in [9.17, 15) is 13.2 Å². The molecule has 0 amide bonds. The minimum atomic E-state index is -4.50. The molecule has 0 aliphatic heterocycles. The van der Waals surface area contributed by atoms with Crippen molar-refractivity contribution in [3.8, 4) is 17.1 Å². The standard InChI is InChI=1S/C19H16F3N3/c1-12-8-13-5-6-15(10-14(13)9-12)25-17(16-4-2-3-7-23-16)11-18(24-25)19(20,21)22/h2-7,10-12H,8-9H2,1H3. The van der Waals surface area contributed by atoms with Crippen molar-refractivity contribution < 1.29 is 13.2 Å². The fourth-order valence-corrected chi connectivity index (χ4v) is 3.37. The Labute approximate surface area is 143 Å². The first-order chi connectivity index (χ1) is 11.9. The van der Waals surface area contributed by atoms with E-state index in [1.165, 1.54) is 15.8 Å². The number of alkyl halides is 3. The van der Waals surface area contributed by atoms with Crippen LogP contribution in [-0.2, 0) is 19.0 Å². The molecule has 0 N–H and O–H groups in total. The molecule has 0 saturated heterocycles. The predicted octanol–water partition coefficient (Wildman–Crippen LogP) is 4.69. The van der Waals surface area contributed by atoms with Crippen LogP contribution in [0.5, 0.6) is 0 Å². The van der Waals surface area contributed by atoms with Gasteiger partial charge in [0.05, 0.1) is 17.1 Å². The Balaban J connectivity index is 1.87. The van der Waals surface area contributed by atoms with Crippen LogP contribution < -0.4 is 0 Å². The van der Waals surface area contributed by atoms with E-state index in [0.29, 0.717) is 23.0 Å². The number of rotatable bonds is 2. The fraction of sp³-hybridized carbons (Fsp3) is 0.263. The van der Waals surface area contributed by atoms with Gasteiger partial charge in [-0.3, -0.25) is 4.98 Å². The highest BCUT2D eigenvalue weighted by Gasteiger charge is 2.35. The van der Waals surface area contributed by atoms with Crippen LogP contribution in [0.25, 0.3) is 17.1 Å². The monoisotopic (exact) mass is 343 g/mol. The van der Waals surface area contributed by atoms with Crippen molar-refractivity contribution in [2.75, 3.05) is 0 Å². The Morgan fingerprint density at radius 2 is 1.84 bits per heavy atom. The van der Waals surface area contributed by atoms with Gasteiger partial charge in [0, 0.05) is 6.20 Å². The number of pyridine rings is 1. The molecule has 1 unspecified atom stereocenters. The van der Waals surface area contributed by atoms with Crippen LogP contribution in [0.15, 0.2) is 48.7 Å². The molecular formula is C19H16F3N3. The first-order valence-electron chi connectivity index (χ1n) is 8.12. The molecule has 0 radical (unpaired) electrons. The zero-order valence-corrected chi connectivity index (χ0v) is 13.6. The topological polar surface area (TPSA) is 30.7 Å². The fourth-order valence-electron chi connectivity index (χ4n) is 3.37. The first-order valence-corrected chi connectivity index (χ1v) is 8.12. The maximum Gasteiger partial charge on any atom is 0.435 e. The van der Waals surface area contributed by atoms with Gasteiger partial charge < -0.3 is 0 Å². The normalized spacial score (nSPS) is 16.9. The average Bonchev–Trinajstić information content (AvgIpc) is 3.17. The van der Waals surface area contributed by atoms with Crippen LogP contribution >= 0.6 is 0 Å². The highest BCUT2D eigenvalue weighted by molar-refractivity contribution is 5.59. The number of aromatic nitrogens is 3. The first kappa shape index (κ1) is 15.9. The van der Waals surface area contributed by atoms with E-state index in [2.05, 4.69) is 17.0 Å². The van der Waals surface area contributed by atoms with Gasteiger partial charge in [0.2, 0.25) is 0 Å². The Hall–Kier alpha value is -2.63. The maximum atomic E-state index is 13.2. The van der Waals surface area contributed by atoms with E-state index in [1.807, 2.05) is 18.2 Å². The van der Waals surface area contributed by atoms with Crippen molar-refractivity contribution in [2.24, 2.45) is 5.92 Å². The number of halogens is 3. The van der Waals surface area contributed by atoms with Crippen molar-refractivity contribution >= 4 is 0 Å². The molecule has 1 aliphatic carbocycles. The molecule has 2 heterocycles. The molecular weight excluding hydrogens is 327 g/mol. The molecule has 25 heavy (non-hydrogen) atoms. The molecule has 3 aromatic rings. The lowest BCUT2D eigenvalue weighted by atomic mass is 10.1. The van der Waals surface area contributed by atoms with Gasteiger partial charge in [0.15, 0.2) is 5.69 Å². The molecule has 128 valence electrons. The number of hydrogen-bond donors (Lipinski definition) is 0. The van der Waals surface area contributed by atoms with Gasteiger partial charge in [0.25, 0.3) is 0 Å². The third-order valence-corrected chi connectivity index (χ3v) is 4.50. The molecule has 0 bridgehead atoms. The minimum Gasteiger partial charge on any atom is -0.255 e. The zero-order valence-electron chi connectivity index (χ0n) is 13.6. The smallest absolute Gasteiger partial charge is 0.255 e. The second kappa shape index (κ2) is 5.72. The minimum absolute atomic E-state index is 0.332. The van der Waals surface area contributed by atoms with E-state index in [1.54, 1.807) is 24.4 Å². The van der Waals surface area contributed by atoms with E-state index >= 15 is 0 Å². The van der Waals surface area contributed by atoms with Crippen molar-refractivity contribution in [1.29, 1.82) is 0 Å². The lowest BCUT2D eigenvalue weighted by Gasteiger charge is -2.09. The summed E-state index contributed by atoms with van der Waals surface area (Å²) in [7, 11) is 0. The molecule has 1 atom stereocenters. The van der Waals surface area contributed by atoms with Crippen molar-refractivity contribution in [3.63, 3.8) is 0 Å². The summed E-state index contributed by atoms with van der Waals surface area (Å²) >= 11 is 0. The summed E-state index contributed by atoms with van der Waals surface area (Å²) in [6.07, 6.45) is -0.991. The van der Waals surface area contributed by atoms with Crippen LogP contribution in [0, 0.1) is 5.92 Å². The lowest BCUT2D eigenvalue weighted by Crippen LogP contribution is -2.07. The molecule has 0 spiro atoms. The van der Waals surface area contributed by atoms with E-state index in [4.69, 9.17) is 0 Å². The Bertz CT molecular complexity index is 913. The lowest BCUT2D eigenvalue weighted by molar-refractivity contribution is -0.141. The highest BCUT2D eigenvalue weighted by atomic mass is 19.4. The number of nitrogens with zero attached hydrogens (tertiary/aromatic N) is 3. The molecule has 2 aromatic heterocycles. The van der Waals surface area contributed by atoms with Crippen LogP contribution in [0.3, 0.4) is 0 Å². The van der Waals surface area contributed by atoms with Crippen LogP contribution in [0.1, 0.15) is 23.7 Å². The van der Waals surface area contributed by atoms with Gasteiger partial charge in [-0.25, -0.2) is 4.68 Å². The average molecular weight is 343 g/mol. The zero-order chi connectivity index (χ0) is 17.6. The summed E-state index contributed by atoms with van der Waals surface area (Å²) in [5, 5.41) is 3.82. The van der Waals surface area contributed by atoms with E-state index in [-0.39, 0.29) is 0 Å². The summed E-state index contributed by atoms with van der Waals surface area (Å²) in [5.74, 6) is 0.559. The van der Waals surface area contributed by atoms with Gasteiger partial charge >= 0.3 is 6.18 Å². The second-order valence-electron chi connectivity index (χ2n) is 6.51. The second-order valence-corrected chi connectivity index (χ2v) is 6.51. The molecule has 4 rings (SSSR count). The summed E-state index contributed by atoms with van der Waals surface area (Å²) in [5.41, 5.74) is 2.95. The highest BCUT2D eigenvalue weighted by Crippen LogP contribution is 2.34. The maximum absolute atomic E-state index is 13.2. The largest absolute Gasteiger partial charge is 0.435 e. The summed E-state index contributed by atoms with van der Waals surface area (Å²) < 4.78 is 40.9. The Morgan fingerprint density at radius 3 is 2.56 bits per heavy atom. The van der Waals surface area contributed by atoms with Gasteiger partial charge in [-0.2, -0.15) is 18.3 Å². The Kier molecular flexibility index (Phi) is 3.63. The van der Waals surface area contributed by atoms with Gasteiger partial charge in [-0.1, -0.05) is 19.1 Å². The van der Waals surface area contributed by atoms with E-state index in [0.717, 1.165) is 18.9 Å². The van der Waals surface area contributed by atoms with Crippen molar-refractivity contribution in [2.45, 2.75) is 25.9 Å². The van der Waals surface area contributed by atoms with Crippen LogP contribution in [-0.4, -0.2) is 14.8 Å². The van der Waals surface area contributed by atoms with Crippen molar-refractivity contribution in [3.05, 3.63) is 65.5 Å². The summed E-state index contributed by atoms with van der Waals surface area (Å²) in [4.78, 5) is 4.19. The molecule has 1 aliphatic rings. The number of fused-ring (bicyclic) bond motifs is 1. The third kappa shape index (κ3) is 2.92. The molecule has 0 fully saturated rings. The molecule has 3 nitrogen and oxygen atoms in total. The predicted molar refractivity (Wildman–Crippen MR) is 88.4 cm³/mol. The molecule has 6 heteroatoms. The number of hydrogen-bond acceptors (Lipinski definition) is 2. The van der Waals surface area contributed by atoms with Gasteiger partial charge in [0.1, 0.15) is 0 Å². The van der Waals surface area contributed by atoms with Gasteiger partial charge in [-0.05, 0) is 60.2 Å². The van der Waals surface area contributed by atoms with Gasteiger partial charge in [-0.15, -0.1) is 0 Å². The van der Waals surface area contributed by atoms with Crippen LogP contribution in [0.4, 0.5) is 13.2 Å². The quantitative estimate of drug-likeness (QED) is 0.676.